The van der Waals surface area contributed by atoms with Crippen molar-refractivity contribution in [1.82, 2.24) is 9.80 Å². The normalized spacial score (nSPS) is 29.0. The van der Waals surface area contributed by atoms with Crippen molar-refractivity contribution in [1.29, 1.82) is 0 Å². The van der Waals surface area contributed by atoms with Crippen LogP contribution in [-0.4, -0.2) is 66.5 Å². The Hall–Kier alpha value is -1.14. The van der Waals surface area contributed by atoms with Crippen LogP contribution < -0.4 is 5.73 Å². The summed E-state index contributed by atoms with van der Waals surface area (Å²) in [4.78, 5) is 28.8. The summed E-state index contributed by atoms with van der Waals surface area (Å²) in [7, 11) is 0. The zero-order chi connectivity index (χ0) is 16.9. The number of nitrogens with zero attached hydrogens (tertiary/aromatic N) is 2. The molecule has 0 aromatic heterocycles. The van der Waals surface area contributed by atoms with Gasteiger partial charge in [0.25, 0.3) is 5.91 Å². The van der Waals surface area contributed by atoms with Crippen LogP contribution in [0.5, 0.6) is 0 Å². The van der Waals surface area contributed by atoms with Crippen molar-refractivity contribution in [2.75, 3.05) is 32.7 Å². The fourth-order valence-corrected chi connectivity index (χ4v) is 4.21. The summed E-state index contributed by atoms with van der Waals surface area (Å²) in [6.07, 6.45) is 8.28. The van der Waals surface area contributed by atoms with E-state index in [-0.39, 0.29) is 24.0 Å². The van der Waals surface area contributed by atoms with E-state index in [0.29, 0.717) is 45.1 Å². The molecule has 24 heavy (non-hydrogen) atoms. The Morgan fingerprint density at radius 2 is 1.58 bits per heavy atom. The molecule has 0 unspecified atom stereocenters. The molecule has 3 aliphatic rings. The van der Waals surface area contributed by atoms with Crippen LogP contribution in [0.2, 0.25) is 0 Å². The summed E-state index contributed by atoms with van der Waals surface area (Å²) in [5.41, 5.74) is 5.61. The molecule has 2 saturated heterocycles. The first-order valence-corrected chi connectivity index (χ1v) is 9.59. The number of amides is 2. The maximum absolute atomic E-state index is 12.5. The summed E-state index contributed by atoms with van der Waals surface area (Å²) < 4.78 is 5.70. The first kappa shape index (κ1) is 17.7. The van der Waals surface area contributed by atoms with Gasteiger partial charge in [0.1, 0.15) is 6.10 Å². The van der Waals surface area contributed by atoms with Crippen LogP contribution in [0.1, 0.15) is 51.4 Å². The van der Waals surface area contributed by atoms with E-state index in [1.54, 1.807) is 0 Å². The fourth-order valence-electron chi connectivity index (χ4n) is 4.21. The van der Waals surface area contributed by atoms with E-state index in [9.17, 15) is 9.59 Å². The van der Waals surface area contributed by atoms with E-state index in [0.717, 1.165) is 12.8 Å². The van der Waals surface area contributed by atoms with E-state index >= 15 is 0 Å². The van der Waals surface area contributed by atoms with Crippen LogP contribution in [0, 0.1) is 5.92 Å². The maximum atomic E-state index is 12.5. The molecule has 2 heterocycles. The van der Waals surface area contributed by atoms with Crippen LogP contribution in [0.15, 0.2) is 0 Å². The Kier molecular flexibility index (Phi) is 6.11. The molecule has 3 fully saturated rings. The molecular weight excluding hydrogens is 306 g/mol. The topological polar surface area (TPSA) is 75.9 Å². The van der Waals surface area contributed by atoms with Gasteiger partial charge in [-0.25, -0.2) is 0 Å². The number of hydrogen-bond donors (Lipinski definition) is 1. The van der Waals surface area contributed by atoms with Crippen LogP contribution in [0.4, 0.5) is 0 Å². The largest absolute Gasteiger partial charge is 0.364 e. The first-order valence-electron chi connectivity index (χ1n) is 9.59. The number of carbonyl (C=O) groups is 2. The summed E-state index contributed by atoms with van der Waals surface area (Å²) >= 11 is 0. The van der Waals surface area contributed by atoms with E-state index in [4.69, 9.17) is 10.5 Å². The molecule has 2 amide bonds. The van der Waals surface area contributed by atoms with Gasteiger partial charge in [-0.15, -0.1) is 0 Å². The van der Waals surface area contributed by atoms with Gasteiger partial charge in [-0.3, -0.25) is 9.59 Å². The van der Waals surface area contributed by atoms with Gasteiger partial charge < -0.3 is 20.3 Å². The quantitative estimate of drug-likeness (QED) is 0.834. The molecule has 2 atom stereocenters. The first-order chi connectivity index (χ1) is 11.7. The molecule has 2 aliphatic heterocycles. The average Bonchev–Trinajstić information content (AvgIpc) is 3.11. The van der Waals surface area contributed by atoms with Gasteiger partial charge in [0.2, 0.25) is 5.91 Å². The molecule has 0 spiro atoms. The number of nitrogens with two attached hydrogens (primary N) is 1. The molecule has 3 rings (SSSR count). The van der Waals surface area contributed by atoms with Gasteiger partial charge >= 0.3 is 0 Å². The number of ether oxygens (including phenoxy) is 1. The third-order valence-electron chi connectivity index (χ3n) is 5.78. The summed E-state index contributed by atoms with van der Waals surface area (Å²) in [5.74, 6) is 0.922. The minimum atomic E-state index is -0.331. The standard InChI is InChI=1S/C18H31N3O3/c19-13-15-6-7-16(24-15)18(23)21-10-8-20(9-11-21)17(22)12-14-4-2-1-3-5-14/h14-16H,1-13,19H2/t15-,16+/m1/s1. The van der Waals surface area contributed by atoms with E-state index in [2.05, 4.69) is 0 Å². The fraction of sp³-hybridized carbons (Fsp3) is 0.889. The van der Waals surface area contributed by atoms with Gasteiger partial charge in [-0.2, -0.15) is 0 Å². The predicted octanol–water partition coefficient (Wildman–Crippen LogP) is 1.13. The maximum Gasteiger partial charge on any atom is 0.251 e. The van der Waals surface area contributed by atoms with Gasteiger partial charge in [-0.1, -0.05) is 19.3 Å². The van der Waals surface area contributed by atoms with Crippen molar-refractivity contribution < 1.29 is 14.3 Å². The zero-order valence-electron chi connectivity index (χ0n) is 14.6. The molecule has 1 saturated carbocycles. The number of hydrogen-bond acceptors (Lipinski definition) is 4. The molecule has 6 nitrogen and oxygen atoms in total. The molecule has 1 aliphatic carbocycles. The van der Waals surface area contributed by atoms with Gasteiger partial charge in [0, 0.05) is 39.1 Å². The van der Waals surface area contributed by atoms with Gasteiger partial charge in [0.15, 0.2) is 0 Å². The van der Waals surface area contributed by atoms with E-state index in [1.165, 1.54) is 32.1 Å². The summed E-state index contributed by atoms with van der Waals surface area (Å²) in [6.45, 7) is 3.05. The van der Waals surface area contributed by atoms with E-state index in [1.807, 2.05) is 9.80 Å². The Bertz CT molecular complexity index is 443. The zero-order valence-corrected chi connectivity index (χ0v) is 14.6. The lowest BCUT2D eigenvalue weighted by Crippen LogP contribution is -2.53. The van der Waals surface area contributed by atoms with Crippen molar-refractivity contribution in [3.05, 3.63) is 0 Å². The minimum absolute atomic E-state index is 0.0253. The number of carbonyl (C=O) groups excluding carboxylic acids is 2. The molecule has 0 aromatic carbocycles. The minimum Gasteiger partial charge on any atom is -0.364 e. The molecule has 2 N–H and O–H groups in total. The highest BCUT2D eigenvalue weighted by Gasteiger charge is 2.34. The lowest BCUT2D eigenvalue weighted by Gasteiger charge is -2.36. The lowest BCUT2D eigenvalue weighted by molar-refractivity contribution is -0.147. The second-order valence-corrected chi connectivity index (χ2v) is 7.47. The molecule has 6 heteroatoms. The van der Waals surface area contributed by atoms with Crippen LogP contribution >= 0.6 is 0 Å². The monoisotopic (exact) mass is 337 g/mol. The summed E-state index contributed by atoms with van der Waals surface area (Å²) in [5, 5.41) is 0. The van der Waals surface area contributed by atoms with Crippen molar-refractivity contribution in [3.63, 3.8) is 0 Å². The molecule has 0 aromatic rings. The Morgan fingerprint density at radius 3 is 2.21 bits per heavy atom. The average molecular weight is 337 g/mol. The molecule has 0 radical (unpaired) electrons. The second kappa shape index (κ2) is 8.30. The van der Waals surface area contributed by atoms with Crippen molar-refractivity contribution in [2.45, 2.75) is 63.6 Å². The third-order valence-corrected chi connectivity index (χ3v) is 5.78. The smallest absolute Gasteiger partial charge is 0.251 e. The van der Waals surface area contributed by atoms with Crippen LogP contribution in [0.25, 0.3) is 0 Å². The van der Waals surface area contributed by atoms with Crippen molar-refractivity contribution >= 4 is 11.8 Å². The Balaban J connectivity index is 1.41. The highest BCUT2D eigenvalue weighted by molar-refractivity contribution is 5.82. The number of piperazine rings is 1. The van der Waals surface area contributed by atoms with Crippen molar-refractivity contribution in [3.8, 4) is 0 Å². The molecule has 0 bridgehead atoms. The number of rotatable bonds is 4. The molecular formula is C18H31N3O3. The highest BCUT2D eigenvalue weighted by Crippen LogP contribution is 2.27. The van der Waals surface area contributed by atoms with Gasteiger partial charge in [-0.05, 0) is 31.6 Å². The molecule has 136 valence electrons. The highest BCUT2D eigenvalue weighted by atomic mass is 16.5. The summed E-state index contributed by atoms with van der Waals surface area (Å²) in [6, 6.07) is 0. The van der Waals surface area contributed by atoms with Crippen LogP contribution in [0.3, 0.4) is 0 Å². The SMILES string of the molecule is NC[C@H]1CC[C@@H](C(=O)N2CCN(C(=O)CC3CCCCC3)CC2)O1. The Labute approximate surface area is 144 Å². The van der Waals surface area contributed by atoms with Gasteiger partial charge in [0.05, 0.1) is 6.10 Å². The van der Waals surface area contributed by atoms with Crippen LogP contribution in [-0.2, 0) is 14.3 Å². The second-order valence-electron chi connectivity index (χ2n) is 7.47. The van der Waals surface area contributed by atoms with E-state index < -0.39 is 0 Å². The third kappa shape index (κ3) is 4.28. The van der Waals surface area contributed by atoms with Crippen molar-refractivity contribution in [2.24, 2.45) is 11.7 Å². The lowest BCUT2D eigenvalue weighted by atomic mass is 9.86. The predicted molar refractivity (Wildman–Crippen MR) is 91.3 cm³/mol. The Morgan fingerprint density at radius 1 is 0.917 bits per heavy atom.